The summed E-state index contributed by atoms with van der Waals surface area (Å²) in [6.07, 6.45) is 0. The highest BCUT2D eigenvalue weighted by Crippen LogP contribution is 2.34. The molecule has 2 aromatic carbocycles. The van der Waals surface area contributed by atoms with E-state index in [1.54, 1.807) is 20.3 Å². The predicted molar refractivity (Wildman–Crippen MR) is 82.5 cm³/mol. The van der Waals surface area contributed by atoms with E-state index in [1.165, 1.54) is 0 Å². The monoisotopic (exact) mass is 281 g/mol. The van der Waals surface area contributed by atoms with Gasteiger partial charge in [0, 0.05) is 17.0 Å². The van der Waals surface area contributed by atoms with Crippen LogP contribution in [0.2, 0.25) is 0 Å². The molecule has 0 fully saturated rings. The molecule has 0 aliphatic rings. The summed E-state index contributed by atoms with van der Waals surface area (Å²) in [5.41, 5.74) is 7.42. The molecule has 0 bridgehead atoms. The Morgan fingerprint density at radius 1 is 0.905 bits per heavy atom. The van der Waals surface area contributed by atoms with Crippen molar-refractivity contribution in [2.45, 2.75) is 0 Å². The molecule has 0 atom stereocenters. The summed E-state index contributed by atoms with van der Waals surface area (Å²) in [6.45, 7) is 0. The van der Waals surface area contributed by atoms with Crippen molar-refractivity contribution >= 4 is 16.7 Å². The molecule has 0 aliphatic carbocycles. The first-order chi connectivity index (χ1) is 10.2. The van der Waals surface area contributed by atoms with E-state index in [2.05, 4.69) is 9.97 Å². The zero-order chi connectivity index (χ0) is 14.8. The van der Waals surface area contributed by atoms with Gasteiger partial charge >= 0.3 is 0 Å². The van der Waals surface area contributed by atoms with Gasteiger partial charge in [0.15, 0.2) is 0 Å². The van der Waals surface area contributed by atoms with Crippen LogP contribution in [0.1, 0.15) is 0 Å². The Morgan fingerprint density at radius 3 is 2.38 bits per heavy atom. The fourth-order valence-electron chi connectivity index (χ4n) is 2.36. The Kier molecular flexibility index (Phi) is 3.31. The minimum Gasteiger partial charge on any atom is -0.496 e. The Morgan fingerprint density at radius 2 is 1.67 bits per heavy atom. The molecule has 0 saturated heterocycles. The maximum atomic E-state index is 5.75. The smallest absolute Gasteiger partial charge is 0.223 e. The van der Waals surface area contributed by atoms with Gasteiger partial charge < -0.3 is 15.2 Å². The van der Waals surface area contributed by atoms with Crippen LogP contribution in [0.5, 0.6) is 11.6 Å². The van der Waals surface area contributed by atoms with Crippen LogP contribution in [-0.4, -0.2) is 24.2 Å². The summed E-state index contributed by atoms with van der Waals surface area (Å²) in [5, 5.41) is 2.06. The van der Waals surface area contributed by atoms with Gasteiger partial charge in [0.25, 0.3) is 0 Å². The van der Waals surface area contributed by atoms with E-state index in [9.17, 15) is 0 Å². The van der Waals surface area contributed by atoms with Gasteiger partial charge in [-0.2, -0.15) is 4.98 Å². The van der Waals surface area contributed by atoms with Crippen molar-refractivity contribution in [1.82, 2.24) is 9.97 Å². The molecular weight excluding hydrogens is 266 g/mol. The topological polar surface area (TPSA) is 70.3 Å². The fraction of sp³-hybridized carbons (Fsp3) is 0.125. The summed E-state index contributed by atoms with van der Waals surface area (Å²) >= 11 is 0. The molecule has 3 rings (SSSR count). The number of rotatable bonds is 3. The lowest BCUT2D eigenvalue weighted by molar-refractivity contribution is 0.398. The van der Waals surface area contributed by atoms with Gasteiger partial charge in [-0.3, -0.25) is 0 Å². The first-order valence-corrected chi connectivity index (χ1v) is 6.47. The molecule has 0 spiro atoms. The van der Waals surface area contributed by atoms with E-state index in [1.807, 2.05) is 36.4 Å². The molecule has 21 heavy (non-hydrogen) atoms. The number of nitrogens with two attached hydrogens (primary N) is 1. The summed E-state index contributed by atoms with van der Waals surface area (Å²) in [6, 6.07) is 13.6. The van der Waals surface area contributed by atoms with Crippen molar-refractivity contribution in [1.29, 1.82) is 0 Å². The summed E-state index contributed by atoms with van der Waals surface area (Å²) in [7, 11) is 3.21. The first-order valence-electron chi connectivity index (χ1n) is 6.47. The van der Waals surface area contributed by atoms with E-state index in [0.717, 1.165) is 27.8 Å². The molecule has 0 amide bonds. The molecule has 0 radical (unpaired) electrons. The van der Waals surface area contributed by atoms with Crippen molar-refractivity contribution < 1.29 is 9.47 Å². The minimum absolute atomic E-state index is 0.184. The number of hydrogen-bond donors (Lipinski definition) is 1. The third-order valence-corrected chi connectivity index (χ3v) is 3.31. The Hall–Kier alpha value is -2.82. The standard InChI is InChI=1S/C16H15N3O2/c1-20-14-8-7-11(10-5-3-4-6-12(10)14)13-9-15(21-2)19-16(17)18-13/h3-9H,1-2H3,(H2,17,18,19). The van der Waals surface area contributed by atoms with Crippen LogP contribution in [0.3, 0.4) is 0 Å². The molecule has 0 saturated carbocycles. The zero-order valence-electron chi connectivity index (χ0n) is 11.8. The van der Waals surface area contributed by atoms with Gasteiger partial charge in [-0.05, 0) is 17.5 Å². The van der Waals surface area contributed by atoms with Crippen LogP contribution in [0, 0.1) is 0 Å². The fourth-order valence-corrected chi connectivity index (χ4v) is 2.36. The maximum Gasteiger partial charge on any atom is 0.223 e. The molecule has 5 heteroatoms. The lowest BCUT2D eigenvalue weighted by Crippen LogP contribution is -1.99. The number of anilines is 1. The first kappa shape index (κ1) is 13.2. The van der Waals surface area contributed by atoms with Gasteiger partial charge in [-0.1, -0.05) is 24.3 Å². The second kappa shape index (κ2) is 5.28. The van der Waals surface area contributed by atoms with Crippen molar-refractivity contribution in [2.75, 3.05) is 20.0 Å². The predicted octanol–water partition coefficient (Wildman–Crippen LogP) is 2.90. The summed E-state index contributed by atoms with van der Waals surface area (Å²) in [4.78, 5) is 8.31. The lowest BCUT2D eigenvalue weighted by Gasteiger charge is -2.11. The van der Waals surface area contributed by atoms with Crippen molar-refractivity contribution in [2.24, 2.45) is 0 Å². The number of fused-ring (bicyclic) bond motifs is 1. The lowest BCUT2D eigenvalue weighted by atomic mass is 10.0. The highest BCUT2D eigenvalue weighted by Gasteiger charge is 2.11. The van der Waals surface area contributed by atoms with Crippen LogP contribution in [0.15, 0.2) is 42.5 Å². The molecule has 3 aromatic rings. The van der Waals surface area contributed by atoms with E-state index >= 15 is 0 Å². The quantitative estimate of drug-likeness (QED) is 0.799. The number of nitrogen functional groups attached to an aromatic ring is 1. The summed E-state index contributed by atoms with van der Waals surface area (Å²) < 4.78 is 10.6. The molecule has 1 aromatic heterocycles. The number of methoxy groups -OCH3 is 2. The largest absolute Gasteiger partial charge is 0.496 e. The third-order valence-electron chi connectivity index (χ3n) is 3.31. The molecule has 2 N–H and O–H groups in total. The number of nitrogens with zero attached hydrogens (tertiary/aromatic N) is 2. The minimum atomic E-state index is 0.184. The van der Waals surface area contributed by atoms with E-state index in [-0.39, 0.29) is 5.95 Å². The van der Waals surface area contributed by atoms with E-state index in [0.29, 0.717) is 5.88 Å². The van der Waals surface area contributed by atoms with Crippen LogP contribution in [0.25, 0.3) is 22.0 Å². The van der Waals surface area contributed by atoms with Gasteiger partial charge in [0.05, 0.1) is 19.9 Å². The van der Waals surface area contributed by atoms with Crippen molar-refractivity contribution in [3.8, 4) is 22.9 Å². The van der Waals surface area contributed by atoms with Crippen LogP contribution in [-0.2, 0) is 0 Å². The second-order valence-electron chi connectivity index (χ2n) is 4.51. The Labute approximate surface area is 122 Å². The normalized spacial score (nSPS) is 10.6. The van der Waals surface area contributed by atoms with Gasteiger partial charge in [0.1, 0.15) is 5.75 Å². The summed E-state index contributed by atoms with van der Waals surface area (Å²) in [5.74, 6) is 1.45. The van der Waals surface area contributed by atoms with Crippen LogP contribution >= 0.6 is 0 Å². The number of hydrogen-bond acceptors (Lipinski definition) is 5. The third kappa shape index (κ3) is 2.33. The van der Waals surface area contributed by atoms with Gasteiger partial charge in [0.2, 0.25) is 11.8 Å². The van der Waals surface area contributed by atoms with E-state index < -0.39 is 0 Å². The van der Waals surface area contributed by atoms with Crippen molar-refractivity contribution in [3.05, 3.63) is 42.5 Å². The van der Waals surface area contributed by atoms with E-state index in [4.69, 9.17) is 15.2 Å². The van der Waals surface area contributed by atoms with Crippen LogP contribution in [0.4, 0.5) is 5.95 Å². The maximum absolute atomic E-state index is 5.75. The molecule has 1 heterocycles. The average molecular weight is 281 g/mol. The highest BCUT2D eigenvalue weighted by atomic mass is 16.5. The second-order valence-corrected chi connectivity index (χ2v) is 4.51. The zero-order valence-corrected chi connectivity index (χ0v) is 11.8. The van der Waals surface area contributed by atoms with Gasteiger partial charge in [-0.15, -0.1) is 0 Å². The Balaban J connectivity index is 2.28. The number of ether oxygens (including phenoxy) is 2. The average Bonchev–Trinajstić information content (AvgIpc) is 2.53. The van der Waals surface area contributed by atoms with Crippen molar-refractivity contribution in [3.63, 3.8) is 0 Å². The number of benzene rings is 2. The Bertz CT molecular complexity index is 803. The molecule has 0 unspecified atom stereocenters. The molecule has 5 nitrogen and oxygen atoms in total. The highest BCUT2D eigenvalue weighted by molar-refractivity contribution is 5.99. The van der Waals surface area contributed by atoms with Crippen LogP contribution < -0.4 is 15.2 Å². The van der Waals surface area contributed by atoms with Gasteiger partial charge in [-0.25, -0.2) is 4.98 Å². The SMILES string of the molecule is COc1cc(-c2ccc(OC)c3ccccc23)nc(N)n1. The number of aromatic nitrogens is 2. The molecule has 106 valence electrons. The molecular formula is C16H15N3O2. The molecule has 0 aliphatic heterocycles.